The average Bonchev–Trinajstić information content (AvgIpc) is 3.07. The molecule has 0 fully saturated rings. The lowest BCUT2D eigenvalue weighted by Gasteiger charge is -2.31. The molecule has 0 saturated carbocycles. The first kappa shape index (κ1) is 16.9. The summed E-state index contributed by atoms with van der Waals surface area (Å²) in [6, 6.07) is 2.06. The van der Waals surface area contributed by atoms with Crippen LogP contribution in [0.25, 0.3) is 0 Å². The molecule has 2 aromatic heterocycles. The number of fused-ring (bicyclic) bond motifs is 1. The van der Waals surface area contributed by atoms with E-state index < -0.39 is 0 Å². The molecule has 2 aromatic rings. The molecule has 0 radical (unpaired) electrons. The standard InChI is InChI=1S/C17H23N5OS/c1-20(2)17-14-9-22(6-4-15(14)18-12-19-17)10-16(23)21(3)8-13-5-7-24-11-13/h5,7,11-12H,4,6,8-10H2,1-3H3. The Morgan fingerprint density at radius 1 is 1.33 bits per heavy atom. The summed E-state index contributed by atoms with van der Waals surface area (Å²) in [7, 11) is 5.84. The van der Waals surface area contributed by atoms with E-state index in [9.17, 15) is 4.79 Å². The Balaban J connectivity index is 1.64. The van der Waals surface area contributed by atoms with E-state index in [1.807, 2.05) is 31.4 Å². The van der Waals surface area contributed by atoms with Crippen molar-refractivity contribution in [2.45, 2.75) is 19.5 Å². The number of carbonyl (C=O) groups excluding carboxylic acids is 1. The Bertz CT molecular complexity index is 701. The molecule has 6 nitrogen and oxygen atoms in total. The molecule has 0 atom stereocenters. The molecular formula is C17H23N5OS. The summed E-state index contributed by atoms with van der Waals surface area (Å²) < 4.78 is 0. The third kappa shape index (κ3) is 3.73. The number of hydrogen-bond acceptors (Lipinski definition) is 6. The zero-order valence-corrected chi connectivity index (χ0v) is 15.2. The monoisotopic (exact) mass is 345 g/mol. The van der Waals surface area contributed by atoms with Crippen LogP contribution in [0.4, 0.5) is 5.82 Å². The van der Waals surface area contributed by atoms with Crippen LogP contribution in [0.1, 0.15) is 16.8 Å². The van der Waals surface area contributed by atoms with Crippen molar-refractivity contribution < 1.29 is 4.79 Å². The van der Waals surface area contributed by atoms with Gasteiger partial charge in [-0.2, -0.15) is 11.3 Å². The first-order chi connectivity index (χ1) is 11.5. The fraction of sp³-hybridized carbons (Fsp3) is 0.471. The minimum absolute atomic E-state index is 0.146. The number of rotatable bonds is 5. The molecule has 3 rings (SSSR count). The number of hydrogen-bond donors (Lipinski definition) is 0. The molecule has 24 heavy (non-hydrogen) atoms. The van der Waals surface area contributed by atoms with Gasteiger partial charge in [-0.15, -0.1) is 0 Å². The number of nitrogens with zero attached hydrogens (tertiary/aromatic N) is 5. The summed E-state index contributed by atoms with van der Waals surface area (Å²) in [5.41, 5.74) is 3.43. The summed E-state index contributed by atoms with van der Waals surface area (Å²) in [6.07, 6.45) is 2.49. The van der Waals surface area contributed by atoms with Crippen molar-refractivity contribution in [2.24, 2.45) is 0 Å². The van der Waals surface area contributed by atoms with Gasteiger partial charge in [-0.25, -0.2) is 9.97 Å². The molecule has 1 aliphatic heterocycles. The van der Waals surface area contributed by atoms with E-state index in [-0.39, 0.29) is 5.91 Å². The molecule has 0 aromatic carbocycles. The van der Waals surface area contributed by atoms with Crippen molar-refractivity contribution in [3.05, 3.63) is 40.0 Å². The molecule has 0 N–H and O–H groups in total. The Hall–Kier alpha value is -1.99. The molecular weight excluding hydrogens is 322 g/mol. The summed E-state index contributed by atoms with van der Waals surface area (Å²) in [5.74, 6) is 1.09. The first-order valence-electron chi connectivity index (χ1n) is 8.02. The second kappa shape index (κ2) is 7.27. The van der Waals surface area contributed by atoms with Gasteiger partial charge in [-0.05, 0) is 22.4 Å². The zero-order valence-electron chi connectivity index (χ0n) is 14.4. The van der Waals surface area contributed by atoms with Crippen LogP contribution in [0.5, 0.6) is 0 Å². The normalized spacial score (nSPS) is 14.3. The van der Waals surface area contributed by atoms with Crippen LogP contribution in [-0.4, -0.2) is 59.9 Å². The second-order valence-electron chi connectivity index (χ2n) is 6.36. The highest BCUT2D eigenvalue weighted by atomic mass is 32.1. The second-order valence-corrected chi connectivity index (χ2v) is 7.14. The zero-order chi connectivity index (χ0) is 17.1. The van der Waals surface area contributed by atoms with Crippen molar-refractivity contribution in [3.63, 3.8) is 0 Å². The number of aromatic nitrogens is 2. The quantitative estimate of drug-likeness (QED) is 0.824. The maximum atomic E-state index is 12.5. The van der Waals surface area contributed by atoms with E-state index in [2.05, 4.69) is 26.3 Å². The van der Waals surface area contributed by atoms with Crippen LogP contribution in [0.3, 0.4) is 0 Å². The minimum atomic E-state index is 0.146. The Morgan fingerprint density at radius 2 is 2.17 bits per heavy atom. The lowest BCUT2D eigenvalue weighted by molar-refractivity contribution is -0.131. The molecule has 0 saturated heterocycles. The van der Waals surface area contributed by atoms with Crippen molar-refractivity contribution in [3.8, 4) is 0 Å². The summed E-state index contributed by atoms with van der Waals surface area (Å²) >= 11 is 1.66. The third-order valence-corrected chi connectivity index (χ3v) is 5.00. The van der Waals surface area contributed by atoms with Gasteiger partial charge < -0.3 is 9.80 Å². The Kier molecular flexibility index (Phi) is 5.11. The van der Waals surface area contributed by atoms with Gasteiger partial charge in [0.1, 0.15) is 12.1 Å². The number of carbonyl (C=O) groups is 1. The Labute approximate surface area is 146 Å². The van der Waals surface area contributed by atoms with E-state index in [1.165, 1.54) is 5.56 Å². The maximum absolute atomic E-state index is 12.5. The Morgan fingerprint density at radius 3 is 2.88 bits per heavy atom. The average molecular weight is 345 g/mol. The van der Waals surface area contributed by atoms with E-state index in [1.54, 1.807) is 22.6 Å². The molecule has 1 amide bonds. The van der Waals surface area contributed by atoms with Gasteiger partial charge in [0.2, 0.25) is 5.91 Å². The van der Waals surface area contributed by atoms with Crippen LogP contribution >= 0.6 is 11.3 Å². The van der Waals surface area contributed by atoms with Crippen LogP contribution in [0.15, 0.2) is 23.2 Å². The highest BCUT2D eigenvalue weighted by molar-refractivity contribution is 7.07. The lowest BCUT2D eigenvalue weighted by Crippen LogP contribution is -2.41. The highest BCUT2D eigenvalue weighted by Gasteiger charge is 2.24. The molecule has 0 aliphatic carbocycles. The van der Waals surface area contributed by atoms with Gasteiger partial charge in [-0.3, -0.25) is 9.69 Å². The first-order valence-corrected chi connectivity index (χ1v) is 8.96. The van der Waals surface area contributed by atoms with Crippen molar-refractivity contribution in [2.75, 3.05) is 39.1 Å². The fourth-order valence-corrected chi connectivity index (χ4v) is 3.62. The molecule has 0 unspecified atom stereocenters. The van der Waals surface area contributed by atoms with Gasteiger partial charge in [0.15, 0.2) is 0 Å². The van der Waals surface area contributed by atoms with E-state index in [0.29, 0.717) is 13.1 Å². The van der Waals surface area contributed by atoms with Crippen LogP contribution < -0.4 is 4.90 Å². The van der Waals surface area contributed by atoms with Gasteiger partial charge in [0, 0.05) is 52.8 Å². The lowest BCUT2D eigenvalue weighted by atomic mass is 10.1. The van der Waals surface area contributed by atoms with E-state index >= 15 is 0 Å². The molecule has 0 bridgehead atoms. The molecule has 3 heterocycles. The summed E-state index contributed by atoms with van der Waals surface area (Å²) in [5, 5.41) is 4.12. The number of amides is 1. The van der Waals surface area contributed by atoms with Crippen LogP contribution in [0, 0.1) is 0 Å². The van der Waals surface area contributed by atoms with E-state index in [4.69, 9.17) is 0 Å². The predicted molar refractivity (Wildman–Crippen MR) is 96.1 cm³/mol. The maximum Gasteiger partial charge on any atom is 0.236 e. The third-order valence-electron chi connectivity index (χ3n) is 4.27. The molecule has 0 spiro atoms. The smallest absolute Gasteiger partial charge is 0.236 e. The van der Waals surface area contributed by atoms with Crippen molar-refractivity contribution in [1.82, 2.24) is 19.8 Å². The van der Waals surface area contributed by atoms with Gasteiger partial charge >= 0.3 is 0 Å². The molecule has 7 heteroatoms. The van der Waals surface area contributed by atoms with Crippen LogP contribution in [0.2, 0.25) is 0 Å². The summed E-state index contributed by atoms with van der Waals surface area (Å²) in [4.78, 5) is 27.3. The fourth-order valence-electron chi connectivity index (χ4n) is 2.96. The van der Waals surface area contributed by atoms with Gasteiger partial charge in [0.05, 0.1) is 12.2 Å². The largest absolute Gasteiger partial charge is 0.362 e. The van der Waals surface area contributed by atoms with E-state index in [0.717, 1.165) is 36.6 Å². The summed E-state index contributed by atoms with van der Waals surface area (Å²) in [6.45, 7) is 2.68. The van der Waals surface area contributed by atoms with Crippen molar-refractivity contribution in [1.29, 1.82) is 0 Å². The van der Waals surface area contributed by atoms with Gasteiger partial charge in [0.25, 0.3) is 0 Å². The predicted octanol–water partition coefficient (Wildman–Crippen LogP) is 1.62. The number of anilines is 1. The van der Waals surface area contributed by atoms with Gasteiger partial charge in [-0.1, -0.05) is 0 Å². The number of likely N-dealkylation sites (N-methyl/N-ethyl adjacent to an activating group) is 1. The topological polar surface area (TPSA) is 52.6 Å². The molecule has 128 valence electrons. The SMILES string of the molecule is CN(Cc1ccsc1)C(=O)CN1CCc2ncnc(N(C)C)c2C1. The molecule has 1 aliphatic rings. The highest BCUT2D eigenvalue weighted by Crippen LogP contribution is 2.24. The number of thiophene rings is 1. The minimum Gasteiger partial charge on any atom is -0.362 e. The van der Waals surface area contributed by atoms with Crippen molar-refractivity contribution >= 4 is 23.1 Å². The van der Waals surface area contributed by atoms with Crippen LogP contribution in [-0.2, 0) is 24.3 Å².